The van der Waals surface area contributed by atoms with Crippen LogP contribution in [-0.2, 0) is 7.05 Å². The first kappa shape index (κ1) is 13.1. The highest BCUT2D eigenvalue weighted by molar-refractivity contribution is 6.00. The Labute approximate surface area is 121 Å². The summed E-state index contributed by atoms with van der Waals surface area (Å²) < 4.78 is 2.05. The average Bonchev–Trinajstić information content (AvgIpc) is 2.83. The molecule has 5 nitrogen and oxygen atoms in total. The summed E-state index contributed by atoms with van der Waals surface area (Å²) in [6, 6.07) is 14.3. The van der Waals surface area contributed by atoms with E-state index in [0.717, 1.165) is 16.5 Å². The normalized spacial score (nSPS) is 11.3. The fourth-order valence-corrected chi connectivity index (χ4v) is 2.28. The number of non-ortho nitro benzene ring substituents is 1. The highest BCUT2D eigenvalue weighted by atomic mass is 16.6. The quantitative estimate of drug-likeness (QED) is 0.415. The number of aryl methyl sites for hydroxylation is 1. The Morgan fingerprint density at radius 2 is 1.86 bits per heavy atom. The number of para-hydroxylation sites is 1. The summed E-state index contributed by atoms with van der Waals surface area (Å²) >= 11 is 0. The topological polar surface area (TPSA) is 60.4 Å². The minimum Gasteiger partial charge on any atom is -0.350 e. The van der Waals surface area contributed by atoms with Crippen LogP contribution in [0.3, 0.4) is 0 Å². The SMILES string of the molecule is Cn1cc(C=Nc2ccc([N+](=O)[O-])cc2)c2ccccc21. The molecule has 0 fully saturated rings. The number of aromatic nitrogens is 1. The van der Waals surface area contributed by atoms with Crippen LogP contribution in [0, 0.1) is 10.1 Å². The third-order valence-corrected chi connectivity index (χ3v) is 3.34. The smallest absolute Gasteiger partial charge is 0.269 e. The Kier molecular flexibility index (Phi) is 3.23. The van der Waals surface area contributed by atoms with E-state index in [9.17, 15) is 10.1 Å². The standard InChI is InChI=1S/C16H13N3O2/c1-18-11-12(15-4-2-3-5-16(15)18)10-17-13-6-8-14(9-7-13)19(20)21/h2-11H,1H3. The van der Waals surface area contributed by atoms with Gasteiger partial charge in [-0.05, 0) is 18.2 Å². The van der Waals surface area contributed by atoms with Gasteiger partial charge in [0.25, 0.3) is 5.69 Å². The zero-order valence-electron chi connectivity index (χ0n) is 11.4. The van der Waals surface area contributed by atoms with Gasteiger partial charge in [0.05, 0.1) is 10.6 Å². The molecule has 21 heavy (non-hydrogen) atoms. The Hall–Kier alpha value is -2.95. The third-order valence-electron chi connectivity index (χ3n) is 3.34. The van der Waals surface area contributed by atoms with E-state index in [1.807, 2.05) is 36.0 Å². The second-order valence-corrected chi connectivity index (χ2v) is 4.74. The molecule has 104 valence electrons. The first-order valence-corrected chi connectivity index (χ1v) is 6.48. The van der Waals surface area contributed by atoms with Crippen molar-refractivity contribution in [1.29, 1.82) is 0 Å². The second kappa shape index (κ2) is 5.20. The summed E-state index contributed by atoms with van der Waals surface area (Å²) in [5, 5.41) is 11.7. The van der Waals surface area contributed by atoms with Gasteiger partial charge in [-0.3, -0.25) is 15.1 Å². The first-order valence-electron chi connectivity index (χ1n) is 6.48. The molecule has 0 atom stereocenters. The molecule has 0 N–H and O–H groups in total. The van der Waals surface area contributed by atoms with Crippen LogP contribution in [0.2, 0.25) is 0 Å². The molecule has 0 spiro atoms. The van der Waals surface area contributed by atoms with Crippen LogP contribution >= 0.6 is 0 Å². The number of benzene rings is 2. The number of fused-ring (bicyclic) bond motifs is 1. The van der Waals surface area contributed by atoms with Gasteiger partial charge < -0.3 is 4.57 Å². The summed E-state index contributed by atoms with van der Waals surface area (Å²) in [4.78, 5) is 14.6. The molecular formula is C16H13N3O2. The van der Waals surface area contributed by atoms with Crippen LogP contribution in [0.4, 0.5) is 11.4 Å². The molecule has 5 heteroatoms. The summed E-state index contributed by atoms with van der Waals surface area (Å²) in [7, 11) is 1.99. The molecule has 0 saturated carbocycles. The number of rotatable bonds is 3. The maximum Gasteiger partial charge on any atom is 0.269 e. The van der Waals surface area contributed by atoms with E-state index in [-0.39, 0.29) is 5.69 Å². The summed E-state index contributed by atoms with van der Waals surface area (Å²) in [5.41, 5.74) is 2.92. The monoisotopic (exact) mass is 279 g/mol. The fourth-order valence-electron chi connectivity index (χ4n) is 2.28. The molecule has 1 aromatic heterocycles. The maximum atomic E-state index is 10.6. The summed E-state index contributed by atoms with van der Waals surface area (Å²) in [6.07, 6.45) is 3.79. The van der Waals surface area contributed by atoms with Crippen molar-refractivity contribution in [2.75, 3.05) is 0 Å². The maximum absolute atomic E-state index is 10.6. The predicted octanol–water partition coefficient (Wildman–Crippen LogP) is 3.84. The number of aliphatic imine (C=N–C) groups is 1. The molecule has 2 aromatic carbocycles. The number of hydrogen-bond acceptors (Lipinski definition) is 3. The molecule has 0 aliphatic carbocycles. The van der Waals surface area contributed by atoms with Gasteiger partial charge in [0.1, 0.15) is 0 Å². The highest BCUT2D eigenvalue weighted by Crippen LogP contribution is 2.21. The van der Waals surface area contributed by atoms with Crippen molar-refractivity contribution < 1.29 is 4.92 Å². The van der Waals surface area contributed by atoms with Gasteiger partial charge in [-0.15, -0.1) is 0 Å². The van der Waals surface area contributed by atoms with E-state index >= 15 is 0 Å². The van der Waals surface area contributed by atoms with E-state index in [4.69, 9.17) is 0 Å². The van der Waals surface area contributed by atoms with E-state index < -0.39 is 4.92 Å². The van der Waals surface area contributed by atoms with Crippen LogP contribution in [-0.4, -0.2) is 15.7 Å². The van der Waals surface area contributed by atoms with Crippen molar-refractivity contribution >= 4 is 28.5 Å². The number of nitro groups is 1. The largest absolute Gasteiger partial charge is 0.350 e. The first-order chi connectivity index (χ1) is 10.1. The van der Waals surface area contributed by atoms with Gasteiger partial charge >= 0.3 is 0 Å². The third kappa shape index (κ3) is 2.53. The molecule has 0 bridgehead atoms. The van der Waals surface area contributed by atoms with Gasteiger partial charge in [-0.1, -0.05) is 18.2 Å². The fraction of sp³-hybridized carbons (Fsp3) is 0.0625. The highest BCUT2D eigenvalue weighted by Gasteiger charge is 2.04. The van der Waals surface area contributed by atoms with Crippen molar-refractivity contribution in [2.24, 2.45) is 12.0 Å². The lowest BCUT2D eigenvalue weighted by atomic mass is 10.2. The van der Waals surface area contributed by atoms with Crippen LogP contribution in [0.1, 0.15) is 5.56 Å². The van der Waals surface area contributed by atoms with Crippen molar-refractivity contribution in [3.05, 3.63) is 70.4 Å². The van der Waals surface area contributed by atoms with Gasteiger partial charge in [0.2, 0.25) is 0 Å². The van der Waals surface area contributed by atoms with E-state index in [0.29, 0.717) is 5.69 Å². The molecule has 0 aliphatic heterocycles. The molecular weight excluding hydrogens is 266 g/mol. The number of nitro benzene ring substituents is 1. The lowest BCUT2D eigenvalue weighted by molar-refractivity contribution is -0.384. The van der Waals surface area contributed by atoms with Crippen molar-refractivity contribution in [3.63, 3.8) is 0 Å². The molecule has 0 unspecified atom stereocenters. The lowest BCUT2D eigenvalue weighted by Crippen LogP contribution is -1.85. The minimum absolute atomic E-state index is 0.0686. The molecule has 0 saturated heterocycles. The van der Waals surface area contributed by atoms with Crippen molar-refractivity contribution in [2.45, 2.75) is 0 Å². The molecule has 3 aromatic rings. The van der Waals surface area contributed by atoms with Crippen LogP contribution in [0.25, 0.3) is 10.9 Å². The molecule has 3 rings (SSSR count). The Balaban J connectivity index is 1.92. The summed E-state index contributed by atoms with van der Waals surface area (Å²) in [5.74, 6) is 0. The zero-order valence-corrected chi connectivity index (χ0v) is 11.4. The number of nitrogens with zero attached hydrogens (tertiary/aromatic N) is 3. The van der Waals surface area contributed by atoms with E-state index in [1.54, 1.807) is 18.3 Å². The minimum atomic E-state index is -0.418. The summed E-state index contributed by atoms with van der Waals surface area (Å²) in [6.45, 7) is 0. The van der Waals surface area contributed by atoms with Gasteiger partial charge in [-0.2, -0.15) is 0 Å². The Morgan fingerprint density at radius 3 is 2.57 bits per heavy atom. The molecule has 0 aliphatic rings. The zero-order chi connectivity index (χ0) is 14.8. The predicted molar refractivity (Wildman–Crippen MR) is 83.3 cm³/mol. The molecule has 0 radical (unpaired) electrons. The van der Waals surface area contributed by atoms with Gasteiger partial charge in [0.15, 0.2) is 0 Å². The Morgan fingerprint density at radius 1 is 1.14 bits per heavy atom. The van der Waals surface area contributed by atoms with Crippen LogP contribution in [0.15, 0.2) is 59.7 Å². The van der Waals surface area contributed by atoms with Crippen LogP contribution < -0.4 is 0 Å². The second-order valence-electron chi connectivity index (χ2n) is 4.74. The van der Waals surface area contributed by atoms with Gasteiger partial charge in [0, 0.05) is 48.1 Å². The molecule has 1 heterocycles. The Bertz CT molecular complexity index is 832. The molecule has 0 amide bonds. The lowest BCUT2D eigenvalue weighted by Gasteiger charge is -1.94. The van der Waals surface area contributed by atoms with Crippen molar-refractivity contribution in [3.8, 4) is 0 Å². The van der Waals surface area contributed by atoms with E-state index in [1.165, 1.54) is 12.1 Å². The van der Waals surface area contributed by atoms with Gasteiger partial charge in [-0.25, -0.2) is 0 Å². The van der Waals surface area contributed by atoms with Crippen molar-refractivity contribution in [1.82, 2.24) is 4.57 Å². The van der Waals surface area contributed by atoms with Crippen LogP contribution in [0.5, 0.6) is 0 Å². The van der Waals surface area contributed by atoms with E-state index in [2.05, 4.69) is 11.1 Å². The number of hydrogen-bond donors (Lipinski definition) is 0. The average molecular weight is 279 g/mol.